The summed E-state index contributed by atoms with van der Waals surface area (Å²) in [6.07, 6.45) is 8.06. The minimum atomic E-state index is -0.0214. The van der Waals surface area contributed by atoms with Crippen molar-refractivity contribution in [3.8, 4) is 39.1 Å². The summed E-state index contributed by atoms with van der Waals surface area (Å²) in [5, 5.41) is 4.95. The van der Waals surface area contributed by atoms with Crippen LogP contribution in [0.25, 0.3) is 77.2 Å². The number of benzene rings is 10. The summed E-state index contributed by atoms with van der Waals surface area (Å²) >= 11 is 0. The maximum Gasteiger partial charge on any atom is 0.0547 e. The second kappa shape index (κ2) is 18.9. The molecule has 0 radical (unpaired) electrons. The lowest BCUT2D eigenvalue weighted by atomic mass is 9.78. The molecule has 0 saturated carbocycles. The molecule has 11 aromatic rings. The molecule has 0 spiro atoms. The molecular formula is C72H62N2. The number of fused-ring (bicyclic) bond motifs is 4. The summed E-state index contributed by atoms with van der Waals surface area (Å²) in [6.45, 7) is 14.0. The standard InChI is InChI=1S/C72H62N2/c1-71(2,3)55-45-54(46-56(48-55)72(4,5)6)60-33-21-25-52-26-22-34-64(70(52)60)62-32-16-20-38-68(62)74(65-35-17-13-29-58(65)51-41-39-50(40-42-51)49-23-9-7-10-24-49)66-36-18-14-30-59(66)53-43-44-63-61-31-15-19-37-67(61)73(69(63)47-53)57-27-11-8-12-28-57/h7-41,43-48,51H,42H2,1-6H3. The van der Waals surface area contributed by atoms with Gasteiger partial charge in [0.2, 0.25) is 0 Å². The van der Waals surface area contributed by atoms with E-state index in [1.165, 1.54) is 82.7 Å². The largest absolute Gasteiger partial charge is 0.309 e. The van der Waals surface area contributed by atoms with Gasteiger partial charge in [-0.2, -0.15) is 0 Å². The van der Waals surface area contributed by atoms with Crippen molar-refractivity contribution in [2.75, 3.05) is 4.90 Å². The van der Waals surface area contributed by atoms with Crippen LogP contribution in [0.2, 0.25) is 0 Å². The van der Waals surface area contributed by atoms with Crippen LogP contribution in [-0.4, -0.2) is 4.57 Å². The quantitative estimate of drug-likeness (QED) is 0.140. The predicted molar refractivity (Wildman–Crippen MR) is 318 cm³/mol. The number of rotatable bonds is 9. The molecule has 0 bridgehead atoms. The van der Waals surface area contributed by atoms with Crippen LogP contribution in [0.3, 0.4) is 0 Å². The van der Waals surface area contributed by atoms with E-state index in [0.29, 0.717) is 0 Å². The van der Waals surface area contributed by atoms with Crippen molar-refractivity contribution in [2.45, 2.75) is 64.7 Å². The van der Waals surface area contributed by atoms with Crippen LogP contribution in [0.1, 0.15) is 76.1 Å². The van der Waals surface area contributed by atoms with E-state index in [1.54, 1.807) is 0 Å². The molecule has 2 heteroatoms. The number of hydrogen-bond acceptors (Lipinski definition) is 1. The molecule has 12 rings (SSSR count). The molecule has 1 heterocycles. The maximum atomic E-state index is 2.57. The van der Waals surface area contributed by atoms with Crippen LogP contribution >= 0.6 is 0 Å². The highest BCUT2D eigenvalue weighted by Crippen LogP contribution is 2.50. The number of anilines is 3. The summed E-state index contributed by atoms with van der Waals surface area (Å²) in [4.78, 5) is 2.57. The maximum absolute atomic E-state index is 2.57. The fourth-order valence-corrected chi connectivity index (χ4v) is 11.3. The number of aromatic nitrogens is 1. The summed E-state index contributed by atoms with van der Waals surface area (Å²) in [6, 6.07) is 85.7. The van der Waals surface area contributed by atoms with E-state index in [2.05, 4.69) is 300 Å². The second-order valence-corrected chi connectivity index (χ2v) is 22.1. The van der Waals surface area contributed by atoms with Crippen molar-refractivity contribution in [2.24, 2.45) is 0 Å². The Bertz CT molecular complexity index is 3910. The number of hydrogen-bond donors (Lipinski definition) is 0. The van der Waals surface area contributed by atoms with Crippen LogP contribution in [0.4, 0.5) is 17.1 Å². The van der Waals surface area contributed by atoms with Crippen molar-refractivity contribution in [3.05, 3.63) is 271 Å². The van der Waals surface area contributed by atoms with E-state index in [1.807, 2.05) is 0 Å². The zero-order chi connectivity index (χ0) is 50.6. The van der Waals surface area contributed by atoms with Gasteiger partial charge in [0, 0.05) is 39.2 Å². The molecule has 360 valence electrons. The Hall–Kier alpha value is -8.46. The molecule has 1 atom stereocenters. The van der Waals surface area contributed by atoms with Crippen LogP contribution in [-0.2, 0) is 10.8 Å². The first kappa shape index (κ1) is 46.6. The lowest BCUT2D eigenvalue weighted by Crippen LogP contribution is -2.16. The van der Waals surface area contributed by atoms with Crippen LogP contribution < -0.4 is 4.90 Å². The summed E-state index contributed by atoms with van der Waals surface area (Å²) in [7, 11) is 0. The van der Waals surface area contributed by atoms with Crippen molar-refractivity contribution in [1.29, 1.82) is 0 Å². The average molecular weight is 955 g/mol. The van der Waals surface area contributed by atoms with Gasteiger partial charge in [-0.25, -0.2) is 0 Å². The molecular weight excluding hydrogens is 893 g/mol. The van der Waals surface area contributed by atoms with Gasteiger partial charge in [0.25, 0.3) is 0 Å². The van der Waals surface area contributed by atoms with Crippen molar-refractivity contribution in [1.82, 2.24) is 4.57 Å². The van der Waals surface area contributed by atoms with Gasteiger partial charge in [-0.1, -0.05) is 248 Å². The second-order valence-electron chi connectivity index (χ2n) is 22.1. The summed E-state index contributed by atoms with van der Waals surface area (Å²) in [5.74, 6) is 0.162. The molecule has 0 fully saturated rings. The van der Waals surface area contributed by atoms with Gasteiger partial charge < -0.3 is 9.47 Å². The van der Waals surface area contributed by atoms with Gasteiger partial charge in [0.05, 0.1) is 22.4 Å². The third-order valence-electron chi connectivity index (χ3n) is 15.2. The first-order valence-electron chi connectivity index (χ1n) is 26.3. The van der Waals surface area contributed by atoms with E-state index < -0.39 is 0 Å². The highest BCUT2D eigenvalue weighted by atomic mass is 15.2. The molecule has 74 heavy (non-hydrogen) atoms. The van der Waals surface area contributed by atoms with Crippen molar-refractivity contribution >= 4 is 55.2 Å². The summed E-state index contributed by atoms with van der Waals surface area (Å²) in [5.41, 5.74) is 20.5. The van der Waals surface area contributed by atoms with E-state index in [0.717, 1.165) is 40.3 Å². The fourth-order valence-electron chi connectivity index (χ4n) is 11.3. The lowest BCUT2D eigenvalue weighted by molar-refractivity contribution is 0.569. The minimum absolute atomic E-state index is 0.0214. The molecule has 0 amide bonds. The third-order valence-corrected chi connectivity index (χ3v) is 15.2. The third kappa shape index (κ3) is 8.54. The molecule has 0 saturated heterocycles. The summed E-state index contributed by atoms with van der Waals surface area (Å²) < 4.78 is 2.42. The molecule has 1 aliphatic rings. The monoisotopic (exact) mass is 954 g/mol. The highest BCUT2D eigenvalue weighted by Gasteiger charge is 2.28. The highest BCUT2D eigenvalue weighted by molar-refractivity contribution is 6.12. The lowest BCUT2D eigenvalue weighted by Gasteiger charge is -2.33. The van der Waals surface area contributed by atoms with Crippen LogP contribution in [0.5, 0.6) is 0 Å². The van der Waals surface area contributed by atoms with E-state index in [9.17, 15) is 0 Å². The number of nitrogens with zero attached hydrogens (tertiary/aromatic N) is 2. The molecule has 1 unspecified atom stereocenters. The Morgan fingerprint density at radius 1 is 0.419 bits per heavy atom. The Morgan fingerprint density at radius 2 is 0.986 bits per heavy atom. The molecule has 10 aromatic carbocycles. The first-order chi connectivity index (χ1) is 36.0. The van der Waals surface area contributed by atoms with Gasteiger partial charge >= 0.3 is 0 Å². The fraction of sp³-hybridized carbons (Fsp3) is 0.139. The Kier molecular flexibility index (Phi) is 11.9. The van der Waals surface area contributed by atoms with Crippen LogP contribution in [0, 0.1) is 0 Å². The van der Waals surface area contributed by atoms with E-state index in [-0.39, 0.29) is 16.7 Å². The molecule has 0 N–H and O–H groups in total. The van der Waals surface area contributed by atoms with Gasteiger partial charge in [0.1, 0.15) is 0 Å². The van der Waals surface area contributed by atoms with E-state index in [4.69, 9.17) is 0 Å². The van der Waals surface area contributed by atoms with Gasteiger partial charge in [0.15, 0.2) is 0 Å². The SMILES string of the molecule is CC(C)(C)c1cc(-c2cccc3cccc(-c4ccccc4N(c4ccccc4-c4ccc5c6ccccc6n(-c6ccccc6)c5c4)c4ccccc4C4C=CC(c5ccccc5)=CC4)c23)cc(C(C)(C)C)c1. The molecule has 1 aliphatic carbocycles. The van der Waals surface area contributed by atoms with Gasteiger partial charge in [-0.15, -0.1) is 0 Å². The Balaban J connectivity index is 1.10. The number of allylic oxidation sites excluding steroid dienone is 4. The zero-order valence-corrected chi connectivity index (χ0v) is 43.4. The van der Waals surface area contributed by atoms with Gasteiger partial charge in [-0.05, 0) is 121 Å². The molecule has 2 nitrogen and oxygen atoms in total. The van der Waals surface area contributed by atoms with E-state index >= 15 is 0 Å². The normalized spacial score (nSPS) is 13.9. The Labute approximate surface area is 437 Å². The molecule has 1 aromatic heterocycles. The van der Waals surface area contributed by atoms with Crippen molar-refractivity contribution < 1.29 is 0 Å². The molecule has 0 aliphatic heterocycles. The smallest absolute Gasteiger partial charge is 0.0547 e. The minimum Gasteiger partial charge on any atom is -0.309 e. The average Bonchev–Trinajstić information content (AvgIpc) is 3.77. The number of para-hydroxylation sites is 5. The zero-order valence-electron chi connectivity index (χ0n) is 43.4. The Morgan fingerprint density at radius 3 is 1.68 bits per heavy atom. The van der Waals surface area contributed by atoms with Gasteiger partial charge in [-0.3, -0.25) is 0 Å². The topological polar surface area (TPSA) is 8.17 Å². The first-order valence-corrected chi connectivity index (χ1v) is 26.3. The predicted octanol–water partition coefficient (Wildman–Crippen LogP) is 20.1. The van der Waals surface area contributed by atoms with Crippen LogP contribution in [0.15, 0.2) is 249 Å². The van der Waals surface area contributed by atoms with Crippen molar-refractivity contribution in [3.63, 3.8) is 0 Å².